The highest BCUT2D eigenvalue weighted by Crippen LogP contribution is 2.13. The molecule has 1 aromatic rings. The van der Waals surface area contributed by atoms with E-state index in [1.807, 2.05) is 6.92 Å². The molecular weight excluding hydrogens is 320 g/mol. The summed E-state index contributed by atoms with van der Waals surface area (Å²) in [6.45, 7) is 5.18. The van der Waals surface area contributed by atoms with Crippen LogP contribution in [0.15, 0.2) is 10.6 Å². The van der Waals surface area contributed by atoms with Gasteiger partial charge in [-0.15, -0.1) is 0 Å². The monoisotopic (exact) mass is 344 g/mol. The van der Waals surface area contributed by atoms with Gasteiger partial charge in [0.1, 0.15) is 5.76 Å². The van der Waals surface area contributed by atoms with Crippen LogP contribution in [0.4, 0.5) is 4.79 Å². The normalized spacial score (nSPS) is 19.8. The Kier molecular flexibility index (Phi) is 5.64. The van der Waals surface area contributed by atoms with E-state index < -0.39 is 10.0 Å². The molecule has 0 unspecified atom stereocenters. The van der Waals surface area contributed by atoms with Crippen molar-refractivity contribution in [2.24, 2.45) is 0 Å². The van der Waals surface area contributed by atoms with Crippen molar-refractivity contribution in [2.45, 2.75) is 39.3 Å². The second kappa shape index (κ2) is 7.31. The Balaban J connectivity index is 1.84. The van der Waals surface area contributed by atoms with Gasteiger partial charge in [-0.2, -0.15) is 4.31 Å². The molecule has 0 aromatic carbocycles. The van der Waals surface area contributed by atoms with Crippen LogP contribution in [0.5, 0.6) is 0 Å². The van der Waals surface area contributed by atoms with Crippen molar-refractivity contribution in [3.8, 4) is 0 Å². The average molecular weight is 344 g/mol. The van der Waals surface area contributed by atoms with Crippen molar-refractivity contribution in [1.82, 2.24) is 19.5 Å². The summed E-state index contributed by atoms with van der Waals surface area (Å²) in [5.74, 6) is 1.29. The fraction of sp³-hybridized carbons (Fsp3) is 0.714. The number of aromatic nitrogens is 1. The van der Waals surface area contributed by atoms with Crippen LogP contribution < -0.4 is 5.32 Å². The number of amides is 2. The first-order valence-corrected chi connectivity index (χ1v) is 9.59. The van der Waals surface area contributed by atoms with Crippen LogP contribution in [0.25, 0.3) is 0 Å². The number of nitrogens with zero attached hydrogens (tertiary/aromatic N) is 3. The zero-order valence-corrected chi connectivity index (χ0v) is 14.6. The molecule has 23 heavy (non-hydrogen) atoms. The van der Waals surface area contributed by atoms with Gasteiger partial charge in [0.2, 0.25) is 10.0 Å². The lowest BCUT2D eigenvalue weighted by Gasteiger charge is -2.38. The van der Waals surface area contributed by atoms with Crippen LogP contribution in [0, 0.1) is 0 Å². The molecule has 1 atom stereocenters. The molecule has 2 amide bonds. The van der Waals surface area contributed by atoms with E-state index in [0.717, 1.165) is 12.8 Å². The Labute approximate surface area is 136 Å². The molecule has 8 nitrogen and oxygen atoms in total. The molecular formula is C14H24N4O4S. The fourth-order valence-electron chi connectivity index (χ4n) is 2.65. The van der Waals surface area contributed by atoms with Crippen molar-refractivity contribution >= 4 is 16.1 Å². The number of sulfonamides is 1. The van der Waals surface area contributed by atoms with Gasteiger partial charge in [-0.1, -0.05) is 6.92 Å². The number of hydrogen-bond acceptors (Lipinski definition) is 5. The van der Waals surface area contributed by atoms with E-state index in [4.69, 9.17) is 4.42 Å². The number of oxazole rings is 1. The quantitative estimate of drug-likeness (QED) is 0.852. The summed E-state index contributed by atoms with van der Waals surface area (Å²) in [5.41, 5.74) is 0. The van der Waals surface area contributed by atoms with Crippen LogP contribution in [-0.4, -0.2) is 60.6 Å². The van der Waals surface area contributed by atoms with Gasteiger partial charge in [0.05, 0.1) is 19.0 Å². The molecule has 130 valence electrons. The van der Waals surface area contributed by atoms with E-state index in [1.165, 1.54) is 10.6 Å². The number of carbonyl (C=O) groups is 1. The van der Waals surface area contributed by atoms with E-state index in [0.29, 0.717) is 31.3 Å². The number of nitrogens with one attached hydrogen (secondary N) is 1. The third-order valence-electron chi connectivity index (χ3n) is 3.76. The molecule has 1 fully saturated rings. The molecule has 0 spiro atoms. The van der Waals surface area contributed by atoms with Gasteiger partial charge in [-0.25, -0.2) is 18.2 Å². The van der Waals surface area contributed by atoms with Crippen molar-refractivity contribution < 1.29 is 17.6 Å². The van der Waals surface area contributed by atoms with Gasteiger partial charge in [-0.3, -0.25) is 0 Å². The highest BCUT2D eigenvalue weighted by atomic mass is 32.2. The summed E-state index contributed by atoms with van der Waals surface area (Å²) < 4.78 is 30.2. The summed E-state index contributed by atoms with van der Waals surface area (Å²) in [6.07, 6.45) is 4.54. The Morgan fingerprint density at radius 3 is 2.83 bits per heavy atom. The molecule has 1 aromatic heterocycles. The highest BCUT2D eigenvalue weighted by Gasteiger charge is 2.31. The minimum atomic E-state index is -3.23. The number of hydrogen-bond donors (Lipinski definition) is 1. The molecule has 2 rings (SSSR count). The molecule has 1 N–H and O–H groups in total. The predicted molar refractivity (Wildman–Crippen MR) is 85.3 cm³/mol. The van der Waals surface area contributed by atoms with E-state index >= 15 is 0 Å². The summed E-state index contributed by atoms with van der Waals surface area (Å²) >= 11 is 0. The van der Waals surface area contributed by atoms with Crippen LogP contribution in [0.3, 0.4) is 0 Å². The Hall–Kier alpha value is -1.61. The van der Waals surface area contributed by atoms with Crippen LogP contribution in [0.1, 0.15) is 31.9 Å². The zero-order chi connectivity index (χ0) is 17.0. The second-order valence-corrected chi connectivity index (χ2v) is 7.73. The molecule has 1 saturated heterocycles. The van der Waals surface area contributed by atoms with Crippen LogP contribution in [0.2, 0.25) is 0 Å². The lowest BCUT2D eigenvalue weighted by atomic mass is 10.2. The Morgan fingerprint density at radius 2 is 2.22 bits per heavy atom. The van der Waals surface area contributed by atoms with E-state index in [1.54, 1.807) is 18.0 Å². The molecule has 0 aliphatic carbocycles. The first-order valence-electron chi connectivity index (χ1n) is 7.74. The maximum Gasteiger partial charge on any atom is 0.317 e. The first kappa shape index (κ1) is 17.7. The zero-order valence-electron chi connectivity index (χ0n) is 13.8. The predicted octanol–water partition coefficient (Wildman–Crippen LogP) is 0.802. The first-order chi connectivity index (χ1) is 10.8. The van der Waals surface area contributed by atoms with Gasteiger partial charge >= 0.3 is 6.03 Å². The average Bonchev–Trinajstić information content (AvgIpc) is 2.91. The van der Waals surface area contributed by atoms with Crippen molar-refractivity contribution in [3.05, 3.63) is 17.8 Å². The van der Waals surface area contributed by atoms with Crippen molar-refractivity contribution in [1.29, 1.82) is 0 Å². The number of aryl methyl sites for hydroxylation is 1. The number of rotatable bonds is 5. The summed E-state index contributed by atoms with van der Waals surface area (Å²) in [7, 11) is -3.23. The smallest absolute Gasteiger partial charge is 0.317 e. The third kappa shape index (κ3) is 4.68. The van der Waals surface area contributed by atoms with E-state index in [2.05, 4.69) is 10.3 Å². The Morgan fingerprint density at radius 1 is 1.48 bits per heavy atom. The van der Waals surface area contributed by atoms with Gasteiger partial charge in [0.15, 0.2) is 5.89 Å². The lowest BCUT2D eigenvalue weighted by Crippen LogP contribution is -2.56. The Bertz CT molecular complexity index is 643. The second-order valence-electron chi connectivity index (χ2n) is 5.80. The highest BCUT2D eigenvalue weighted by molar-refractivity contribution is 7.88. The van der Waals surface area contributed by atoms with Crippen molar-refractivity contribution in [3.63, 3.8) is 0 Å². The summed E-state index contributed by atoms with van der Waals surface area (Å²) in [5, 5.41) is 2.78. The SMILES string of the molecule is CCCc1ncc(CNC(=O)N2CCN(S(C)(=O)=O)[C@@H](C)C2)o1. The van der Waals surface area contributed by atoms with Crippen LogP contribution in [-0.2, 0) is 23.0 Å². The minimum absolute atomic E-state index is 0.224. The number of carbonyl (C=O) groups excluding carboxylic acids is 1. The topological polar surface area (TPSA) is 95.8 Å². The molecule has 1 aliphatic heterocycles. The molecule has 9 heteroatoms. The number of piperazine rings is 1. The largest absolute Gasteiger partial charge is 0.444 e. The standard InChI is InChI=1S/C14H24N4O4S/c1-4-5-13-15-8-12(22-13)9-16-14(19)17-6-7-18(11(2)10-17)23(3,20)21/h8,11H,4-7,9-10H2,1-3H3,(H,16,19)/t11-/m0/s1. The third-order valence-corrected chi connectivity index (χ3v) is 5.15. The molecule has 0 radical (unpaired) electrons. The summed E-state index contributed by atoms with van der Waals surface area (Å²) in [4.78, 5) is 18.0. The maximum atomic E-state index is 12.2. The molecule has 0 bridgehead atoms. The lowest BCUT2D eigenvalue weighted by molar-refractivity contribution is 0.147. The van der Waals surface area contributed by atoms with Gasteiger partial charge < -0.3 is 14.6 Å². The minimum Gasteiger partial charge on any atom is -0.444 e. The molecule has 2 heterocycles. The van der Waals surface area contributed by atoms with Gasteiger partial charge in [0, 0.05) is 32.1 Å². The number of urea groups is 1. The fourth-order valence-corrected chi connectivity index (χ4v) is 3.79. The van der Waals surface area contributed by atoms with Gasteiger partial charge in [-0.05, 0) is 13.3 Å². The van der Waals surface area contributed by atoms with Crippen molar-refractivity contribution in [2.75, 3.05) is 25.9 Å². The van der Waals surface area contributed by atoms with E-state index in [-0.39, 0.29) is 18.6 Å². The molecule has 1 aliphatic rings. The van der Waals surface area contributed by atoms with Crippen LogP contribution >= 0.6 is 0 Å². The van der Waals surface area contributed by atoms with Gasteiger partial charge in [0.25, 0.3) is 0 Å². The van der Waals surface area contributed by atoms with E-state index in [9.17, 15) is 13.2 Å². The molecule has 0 saturated carbocycles. The maximum absolute atomic E-state index is 12.2. The summed E-state index contributed by atoms with van der Waals surface area (Å²) in [6, 6.07) is -0.454.